The van der Waals surface area contributed by atoms with Gasteiger partial charge >= 0.3 is 0 Å². The Kier molecular flexibility index (Phi) is 8.11. The van der Waals surface area contributed by atoms with Gasteiger partial charge in [-0.05, 0) is 79.5 Å². The zero-order chi connectivity index (χ0) is 38.4. The molecule has 9 aromatic carbocycles. The molecule has 0 saturated heterocycles. The summed E-state index contributed by atoms with van der Waals surface area (Å²) in [5.74, 6) is 1.88. The molecule has 0 aliphatic heterocycles. The van der Waals surface area contributed by atoms with E-state index in [1.807, 2.05) is 60.7 Å². The van der Waals surface area contributed by atoms with Crippen LogP contribution in [0.15, 0.2) is 206 Å². The third-order valence-electron chi connectivity index (χ3n) is 11.1. The summed E-state index contributed by atoms with van der Waals surface area (Å²) in [4.78, 5) is 20.6. The predicted octanol–water partition coefficient (Wildman–Crippen LogP) is 13.9. The van der Waals surface area contributed by atoms with E-state index in [1.165, 1.54) is 16.2 Å². The van der Waals surface area contributed by atoms with E-state index in [1.54, 1.807) is 0 Å². The van der Waals surface area contributed by atoms with Crippen molar-refractivity contribution in [3.63, 3.8) is 0 Å². The number of hydrogen-bond donors (Lipinski definition) is 0. The van der Waals surface area contributed by atoms with E-state index in [9.17, 15) is 0 Å². The number of hydrogen-bond acceptors (Lipinski definition) is 4. The molecule has 0 bridgehead atoms. The third-order valence-corrected chi connectivity index (χ3v) is 11.1. The van der Waals surface area contributed by atoms with Crippen LogP contribution in [0.1, 0.15) is 0 Å². The highest BCUT2D eigenvalue weighted by molar-refractivity contribution is 6.15. The molecule has 0 radical (unpaired) electrons. The number of fused-ring (bicyclic) bond motifs is 5. The van der Waals surface area contributed by atoms with Crippen LogP contribution in [0.3, 0.4) is 0 Å². The molecule has 4 heteroatoms. The van der Waals surface area contributed by atoms with Crippen molar-refractivity contribution in [1.29, 1.82) is 0 Å². The normalized spacial score (nSPS) is 11.4. The molecule has 0 N–H and O–H groups in total. The molecule has 0 aliphatic rings. The SMILES string of the molecule is c1ccc(-c2nc(-c3ccccc3)nc(-c3cc(-c4ccc5ccccc5c4)cc(-c4ccc(-c5nc6ccccc6c6ccccc56)c5ccccc45)c3)n2)cc1. The number of para-hydroxylation sites is 1. The summed E-state index contributed by atoms with van der Waals surface area (Å²) in [6, 6.07) is 72.4. The van der Waals surface area contributed by atoms with E-state index >= 15 is 0 Å². The first kappa shape index (κ1) is 33.5. The van der Waals surface area contributed by atoms with Crippen LogP contribution in [0.5, 0.6) is 0 Å². The van der Waals surface area contributed by atoms with Gasteiger partial charge in [-0.2, -0.15) is 0 Å². The molecule has 0 spiro atoms. The van der Waals surface area contributed by atoms with Crippen LogP contribution in [0.2, 0.25) is 0 Å². The summed E-state index contributed by atoms with van der Waals surface area (Å²) in [6.07, 6.45) is 0. The molecule has 11 rings (SSSR count). The first-order chi connectivity index (χ1) is 28.7. The lowest BCUT2D eigenvalue weighted by molar-refractivity contribution is 1.07. The highest BCUT2D eigenvalue weighted by Crippen LogP contribution is 2.41. The molecule has 0 fully saturated rings. The Morgan fingerprint density at radius 1 is 0.241 bits per heavy atom. The number of rotatable bonds is 6. The van der Waals surface area contributed by atoms with Crippen LogP contribution in [-0.2, 0) is 0 Å². The Morgan fingerprint density at radius 2 is 0.741 bits per heavy atom. The number of benzene rings is 9. The van der Waals surface area contributed by atoms with Crippen molar-refractivity contribution in [3.05, 3.63) is 206 Å². The molecule has 2 aromatic heterocycles. The zero-order valence-corrected chi connectivity index (χ0v) is 31.4. The van der Waals surface area contributed by atoms with Crippen molar-refractivity contribution >= 4 is 43.2 Å². The van der Waals surface area contributed by atoms with Crippen LogP contribution >= 0.6 is 0 Å². The molecule has 4 nitrogen and oxygen atoms in total. The maximum absolute atomic E-state index is 5.30. The third kappa shape index (κ3) is 5.96. The Hall–Kier alpha value is -7.82. The average molecular weight is 739 g/mol. The van der Waals surface area contributed by atoms with Gasteiger partial charge in [0.15, 0.2) is 17.5 Å². The second kappa shape index (κ2) is 14.0. The topological polar surface area (TPSA) is 51.6 Å². The van der Waals surface area contributed by atoms with Gasteiger partial charge in [0.2, 0.25) is 0 Å². The first-order valence-corrected chi connectivity index (χ1v) is 19.6. The number of nitrogens with zero attached hydrogens (tertiary/aromatic N) is 4. The van der Waals surface area contributed by atoms with Gasteiger partial charge in [-0.25, -0.2) is 19.9 Å². The smallest absolute Gasteiger partial charge is 0.164 e. The molecule has 270 valence electrons. The molecule has 2 heterocycles. The van der Waals surface area contributed by atoms with Crippen LogP contribution in [0, 0.1) is 0 Å². The van der Waals surface area contributed by atoms with Gasteiger partial charge in [0.25, 0.3) is 0 Å². The van der Waals surface area contributed by atoms with Gasteiger partial charge in [-0.3, -0.25) is 0 Å². The second-order valence-electron chi connectivity index (χ2n) is 14.6. The highest BCUT2D eigenvalue weighted by Gasteiger charge is 2.18. The lowest BCUT2D eigenvalue weighted by atomic mass is 9.89. The van der Waals surface area contributed by atoms with Crippen molar-refractivity contribution in [3.8, 4) is 67.7 Å². The van der Waals surface area contributed by atoms with E-state index in [4.69, 9.17) is 19.9 Å². The van der Waals surface area contributed by atoms with Gasteiger partial charge in [-0.1, -0.05) is 176 Å². The van der Waals surface area contributed by atoms with E-state index in [-0.39, 0.29) is 0 Å². The standard InChI is InChI=1S/C54H34N4/c1-3-16-36(17-4-1)52-56-53(37-18-5-2-6-19-37)58-54(57-52)42-33-40(39-28-27-35-15-7-8-20-38(35)31-39)32-41(34-42)43-29-30-49(45-22-10-9-21-44(43)45)51-48-25-12-11-23-46(48)47-24-13-14-26-50(47)55-51/h1-34H. The summed E-state index contributed by atoms with van der Waals surface area (Å²) in [7, 11) is 0. The van der Waals surface area contributed by atoms with Crippen LogP contribution in [0.25, 0.3) is 111 Å². The van der Waals surface area contributed by atoms with Crippen LogP contribution in [-0.4, -0.2) is 19.9 Å². The van der Waals surface area contributed by atoms with Crippen LogP contribution < -0.4 is 0 Å². The molecule has 0 saturated carbocycles. The van der Waals surface area contributed by atoms with Gasteiger partial charge < -0.3 is 0 Å². The molecular formula is C54H34N4. The minimum atomic E-state index is 0.615. The summed E-state index contributed by atoms with van der Waals surface area (Å²) in [5, 5.41) is 8.18. The number of pyridine rings is 1. The molecule has 0 unspecified atom stereocenters. The van der Waals surface area contributed by atoms with Crippen molar-refractivity contribution in [1.82, 2.24) is 19.9 Å². The molecule has 58 heavy (non-hydrogen) atoms. The fourth-order valence-corrected chi connectivity index (χ4v) is 8.25. The maximum Gasteiger partial charge on any atom is 0.164 e. The van der Waals surface area contributed by atoms with Crippen molar-refractivity contribution in [2.75, 3.05) is 0 Å². The van der Waals surface area contributed by atoms with E-state index < -0.39 is 0 Å². The molecule has 0 atom stereocenters. The summed E-state index contributed by atoms with van der Waals surface area (Å²) in [5.41, 5.74) is 10.2. The molecule has 0 amide bonds. The Labute approximate surface area is 335 Å². The van der Waals surface area contributed by atoms with Crippen molar-refractivity contribution in [2.45, 2.75) is 0 Å². The molecule has 11 aromatic rings. The van der Waals surface area contributed by atoms with Gasteiger partial charge in [-0.15, -0.1) is 0 Å². The zero-order valence-electron chi connectivity index (χ0n) is 31.4. The fraction of sp³-hybridized carbons (Fsp3) is 0. The molecular weight excluding hydrogens is 705 g/mol. The average Bonchev–Trinajstić information content (AvgIpc) is 3.31. The Bertz CT molecular complexity index is 3280. The minimum Gasteiger partial charge on any atom is -0.247 e. The summed E-state index contributed by atoms with van der Waals surface area (Å²) in [6.45, 7) is 0. The highest BCUT2D eigenvalue weighted by atomic mass is 15.0. The summed E-state index contributed by atoms with van der Waals surface area (Å²) < 4.78 is 0. The monoisotopic (exact) mass is 738 g/mol. The van der Waals surface area contributed by atoms with Gasteiger partial charge in [0, 0.05) is 33.0 Å². The second-order valence-corrected chi connectivity index (χ2v) is 14.6. The minimum absolute atomic E-state index is 0.615. The van der Waals surface area contributed by atoms with Crippen molar-refractivity contribution < 1.29 is 0 Å². The number of aromatic nitrogens is 4. The maximum atomic E-state index is 5.30. The lowest BCUT2D eigenvalue weighted by Crippen LogP contribution is -2.00. The predicted molar refractivity (Wildman–Crippen MR) is 240 cm³/mol. The van der Waals surface area contributed by atoms with E-state index in [0.717, 1.165) is 77.3 Å². The fourth-order valence-electron chi connectivity index (χ4n) is 8.25. The Morgan fingerprint density at radius 3 is 1.45 bits per heavy atom. The largest absolute Gasteiger partial charge is 0.247 e. The van der Waals surface area contributed by atoms with Gasteiger partial charge in [0.1, 0.15) is 0 Å². The van der Waals surface area contributed by atoms with E-state index in [0.29, 0.717) is 17.5 Å². The van der Waals surface area contributed by atoms with E-state index in [2.05, 4.69) is 146 Å². The molecule has 0 aliphatic carbocycles. The van der Waals surface area contributed by atoms with Crippen molar-refractivity contribution in [2.24, 2.45) is 0 Å². The lowest BCUT2D eigenvalue weighted by Gasteiger charge is -2.16. The summed E-state index contributed by atoms with van der Waals surface area (Å²) >= 11 is 0. The van der Waals surface area contributed by atoms with Gasteiger partial charge in [0.05, 0.1) is 11.2 Å². The van der Waals surface area contributed by atoms with Crippen LogP contribution in [0.4, 0.5) is 0 Å². The first-order valence-electron chi connectivity index (χ1n) is 19.6. The quantitative estimate of drug-likeness (QED) is 0.159. The Balaban J connectivity index is 1.15.